The van der Waals surface area contributed by atoms with Crippen molar-refractivity contribution in [1.82, 2.24) is 5.32 Å². The molecule has 0 saturated carbocycles. The molecule has 0 spiro atoms. The Morgan fingerprint density at radius 1 is 1.43 bits per heavy atom. The number of carbonyl (C=O) groups is 1. The normalized spacial score (nSPS) is 18.3. The number of ether oxygens (including phenoxy) is 3. The van der Waals surface area contributed by atoms with Gasteiger partial charge < -0.3 is 19.5 Å². The van der Waals surface area contributed by atoms with Crippen molar-refractivity contribution in [3.8, 4) is 11.5 Å². The van der Waals surface area contributed by atoms with Crippen LogP contribution in [0.5, 0.6) is 11.5 Å². The molecule has 1 aromatic rings. The van der Waals surface area contributed by atoms with Crippen LogP contribution in [0, 0.1) is 5.92 Å². The van der Waals surface area contributed by atoms with Crippen molar-refractivity contribution in [2.75, 3.05) is 26.9 Å². The maximum absolute atomic E-state index is 12.4. The number of hydrogen-bond donors (Lipinski definition) is 1. The molecule has 128 valence electrons. The lowest BCUT2D eigenvalue weighted by Crippen LogP contribution is -2.33. The van der Waals surface area contributed by atoms with Gasteiger partial charge in [-0.1, -0.05) is 0 Å². The largest absolute Gasteiger partial charge is 0.573 e. The Kier molecular flexibility index (Phi) is 5.70. The van der Waals surface area contributed by atoms with Crippen LogP contribution in [0.4, 0.5) is 13.2 Å². The van der Waals surface area contributed by atoms with Crippen LogP contribution in [-0.4, -0.2) is 39.1 Å². The van der Waals surface area contributed by atoms with Gasteiger partial charge in [0.15, 0.2) is 0 Å². The number of hydrogen-bond acceptors (Lipinski definition) is 4. The molecule has 0 radical (unpaired) electrons. The first kappa shape index (κ1) is 17.4. The van der Waals surface area contributed by atoms with Crippen LogP contribution in [0.2, 0.25) is 0 Å². The van der Waals surface area contributed by atoms with Gasteiger partial charge in [-0.15, -0.1) is 13.2 Å². The number of alkyl halides is 3. The van der Waals surface area contributed by atoms with E-state index in [2.05, 4.69) is 10.1 Å². The maximum atomic E-state index is 12.4. The SMILES string of the molecule is COc1ccc(OC(F)(F)F)c(C(=O)NC[C@H]2CCCOC2)c1. The number of halogens is 3. The highest BCUT2D eigenvalue weighted by atomic mass is 19.4. The molecule has 1 heterocycles. The quantitative estimate of drug-likeness (QED) is 0.900. The topological polar surface area (TPSA) is 56.8 Å². The van der Waals surface area contributed by atoms with Crippen molar-refractivity contribution < 1.29 is 32.2 Å². The van der Waals surface area contributed by atoms with Crippen LogP contribution in [-0.2, 0) is 4.74 Å². The maximum Gasteiger partial charge on any atom is 0.573 e. The highest BCUT2D eigenvalue weighted by Gasteiger charge is 2.33. The summed E-state index contributed by atoms with van der Waals surface area (Å²) in [7, 11) is 1.36. The Balaban J connectivity index is 2.09. The highest BCUT2D eigenvalue weighted by molar-refractivity contribution is 5.97. The summed E-state index contributed by atoms with van der Waals surface area (Å²) in [6.07, 6.45) is -3.06. The number of amides is 1. The van der Waals surface area contributed by atoms with E-state index in [4.69, 9.17) is 9.47 Å². The number of carbonyl (C=O) groups excluding carboxylic acids is 1. The smallest absolute Gasteiger partial charge is 0.497 e. The van der Waals surface area contributed by atoms with Crippen molar-refractivity contribution in [1.29, 1.82) is 0 Å². The summed E-state index contributed by atoms with van der Waals surface area (Å²) in [6.45, 7) is 1.57. The third-order valence-electron chi connectivity index (χ3n) is 3.46. The second kappa shape index (κ2) is 7.54. The summed E-state index contributed by atoms with van der Waals surface area (Å²) in [5.41, 5.74) is -0.224. The average Bonchev–Trinajstić information content (AvgIpc) is 2.52. The minimum atomic E-state index is -4.87. The fourth-order valence-electron chi connectivity index (χ4n) is 2.33. The molecule has 0 aromatic heterocycles. The standard InChI is InChI=1S/C15H18F3NO4/c1-21-11-4-5-13(23-15(16,17)18)12(7-11)14(20)19-8-10-3-2-6-22-9-10/h4-5,7,10H,2-3,6,8-9H2,1H3,(H,19,20)/t10-/m1/s1. The Labute approximate surface area is 131 Å². The zero-order chi connectivity index (χ0) is 16.9. The van der Waals surface area contributed by atoms with Gasteiger partial charge in [-0.2, -0.15) is 0 Å². The summed E-state index contributed by atoms with van der Waals surface area (Å²) in [5, 5.41) is 2.62. The summed E-state index contributed by atoms with van der Waals surface area (Å²) in [6, 6.07) is 3.57. The molecule has 5 nitrogen and oxygen atoms in total. The summed E-state index contributed by atoms with van der Waals surface area (Å²) in [4.78, 5) is 12.2. The van der Waals surface area contributed by atoms with E-state index in [1.165, 1.54) is 19.2 Å². The van der Waals surface area contributed by atoms with Crippen LogP contribution >= 0.6 is 0 Å². The van der Waals surface area contributed by atoms with E-state index in [0.717, 1.165) is 18.9 Å². The molecule has 23 heavy (non-hydrogen) atoms. The molecule has 1 aliphatic heterocycles. The van der Waals surface area contributed by atoms with E-state index in [1.807, 2.05) is 0 Å². The molecule has 2 rings (SSSR count). The molecule has 1 amide bonds. The van der Waals surface area contributed by atoms with Gasteiger partial charge in [-0.25, -0.2) is 0 Å². The molecule has 1 saturated heterocycles. The van der Waals surface area contributed by atoms with Crippen LogP contribution < -0.4 is 14.8 Å². The summed E-state index contributed by atoms with van der Waals surface area (Å²) >= 11 is 0. The van der Waals surface area contributed by atoms with Gasteiger partial charge in [0.05, 0.1) is 19.3 Å². The summed E-state index contributed by atoms with van der Waals surface area (Å²) < 4.78 is 51.5. The first-order valence-electron chi connectivity index (χ1n) is 7.19. The molecular weight excluding hydrogens is 315 g/mol. The van der Waals surface area contributed by atoms with Crippen molar-refractivity contribution in [3.05, 3.63) is 23.8 Å². The summed E-state index contributed by atoms with van der Waals surface area (Å²) in [5.74, 6) is -0.777. The van der Waals surface area contributed by atoms with Gasteiger partial charge in [0, 0.05) is 13.2 Å². The van der Waals surface area contributed by atoms with Gasteiger partial charge in [0.25, 0.3) is 5.91 Å². The minimum absolute atomic E-state index is 0.158. The third-order valence-corrected chi connectivity index (χ3v) is 3.46. The lowest BCUT2D eigenvalue weighted by Gasteiger charge is -2.22. The van der Waals surface area contributed by atoms with Crippen LogP contribution in [0.1, 0.15) is 23.2 Å². The Bertz CT molecular complexity index is 542. The zero-order valence-corrected chi connectivity index (χ0v) is 12.6. The first-order chi connectivity index (χ1) is 10.9. The van der Waals surface area contributed by atoms with Crippen molar-refractivity contribution in [2.24, 2.45) is 5.92 Å². The number of rotatable bonds is 5. The fraction of sp³-hybridized carbons (Fsp3) is 0.533. The average molecular weight is 333 g/mol. The number of benzene rings is 1. The zero-order valence-electron chi connectivity index (χ0n) is 12.6. The molecule has 1 aromatic carbocycles. The van der Waals surface area contributed by atoms with E-state index >= 15 is 0 Å². The molecule has 0 aliphatic carbocycles. The fourth-order valence-corrected chi connectivity index (χ4v) is 2.33. The van der Waals surface area contributed by atoms with Gasteiger partial charge >= 0.3 is 6.36 Å². The number of methoxy groups -OCH3 is 1. The predicted molar refractivity (Wildman–Crippen MR) is 75.6 cm³/mol. The molecule has 0 unspecified atom stereocenters. The second-order valence-electron chi connectivity index (χ2n) is 5.20. The van der Waals surface area contributed by atoms with E-state index in [0.29, 0.717) is 19.8 Å². The molecular formula is C15H18F3NO4. The molecule has 0 bridgehead atoms. The Morgan fingerprint density at radius 3 is 2.83 bits per heavy atom. The van der Waals surface area contributed by atoms with E-state index in [1.54, 1.807) is 0 Å². The van der Waals surface area contributed by atoms with E-state index in [9.17, 15) is 18.0 Å². The lowest BCUT2D eigenvalue weighted by molar-refractivity contribution is -0.274. The molecule has 1 aliphatic rings. The highest BCUT2D eigenvalue weighted by Crippen LogP contribution is 2.29. The minimum Gasteiger partial charge on any atom is -0.497 e. The van der Waals surface area contributed by atoms with Crippen molar-refractivity contribution in [2.45, 2.75) is 19.2 Å². The van der Waals surface area contributed by atoms with Gasteiger partial charge in [0.2, 0.25) is 0 Å². The van der Waals surface area contributed by atoms with Gasteiger partial charge in [-0.05, 0) is 37.0 Å². The van der Waals surface area contributed by atoms with Gasteiger partial charge in [0.1, 0.15) is 11.5 Å². The monoisotopic (exact) mass is 333 g/mol. The van der Waals surface area contributed by atoms with Crippen LogP contribution in [0.25, 0.3) is 0 Å². The molecule has 1 fully saturated rings. The Hall–Kier alpha value is -1.96. The second-order valence-corrected chi connectivity index (χ2v) is 5.20. The lowest BCUT2D eigenvalue weighted by atomic mass is 10.0. The Morgan fingerprint density at radius 2 is 2.22 bits per heavy atom. The van der Waals surface area contributed by atoms with Gasteiger partial charge in [-0.3, -0.25) is 4.79 Å². The third kappa shape index (κ3) is 5.31. The van der Waals surface area contributed by atoms with Crippen LogP contribution in [0.3, 0.4) is 0 Å². The predicted octanol–water partition coefficient (Wildman–Crippen LogP) is 2.75. The van der Waals surface area contributed by atoms with E-state index < -0.39 is 18.0 Å². The molecule has 1 atom stereocenters. The first-order valence-corrected chi connectivity index (χ1v) is 7.19. The van der Waals surface area contributed by atoms with Crippen LogP contribution in [0.15, 0.2) is 18.2 Å². The molecule has 8 heteroatoms. The number of nitrogens with one attached hydrogen (secondary N) is 1. The molecule has 1 N–H and O–H groups in total. The van der Waals surface area contributed by atoms with Crippen molar-refractivity contribution >= 4 is 5.91 Å². The van der Waals surface area contributed by atoms with E-state index in [-0.39, 0.29) is 17.2 Å². The van der Waals surface area contributed by atoms with Crippen molar-refractivity contribution in [3.63, 3.8) is 0 Å².